The summed E-state index contributed by atoms with van der Waals surface area (Å²) in [5.74, 6) is -1.33. The van der Waals surface area contributed by atoms with Gasteiger partial charge in [0.25, 0.3) is 0 Å². The van der Waals surface area contributed by atoms with Crippen molar-refractivity contribution in [2.24, 2.45) is 11.5 Å². The average molecular weight is 495 g/mol. The van der Waals surface area contributed by atoms with Crippen LogP contribution in [0, 0.1) is 0 Å². The maximum Gasteiger partial charge on any atom is 0.322 e. The van der Waals surface area contributed by atoms with E-state index in [0.29, 0.717) is 12.8 Å². The standard InChI is InChI=1S/C10H13NO2.C9H11NO2.CH4O.Cl2OS/c1-13-10(12)9(11)7-8-5-3-2-4-6-8;10-8(9(11)12)6-7-4-2-1-3-5-7;1-2;1-4(2)3/h2-6,9H,7,11H2,1H3;1-5,8H,6,10H2,(H,11,12);2H,1H3;. The van der Waals surface area contributed by atoms with Crippen molar-refractivity contribution in [1.82, 2.24) is 0 Å². The Morgan fingerprint density at radius 1 is 0.903 bits per heavy atom. The highest BCUT2D eigenvalue weighted by Crippen LogP contribution is 2.02. The number of benzene rings is 2. The molecule has 2 rings (SSSR count). The molecule has 0 saturated carbocycles. The molecule has 8 nitrogen and oxygen atoms in total. The SMILES string of the molecule is CO.COC(=O)C(N)Cc1ccccc1.NC(Cc1ccccc1)C(=O)O.O=S(Cl)Cl. The van der Waals surface area contributed by atoms with Crippen molar-refractivity contribution >= 4 is 42.5 Å². The molecule has 0 aliphatic rings. The molecular weight excluding hydrogens is 467 g/mol. The van der Waals surface area contributed by atoms with Crippen LogP contribution in [-0.4, -0.2) is 52.7 Å². The van der Waals surface area contributed by atoms with E-state index in [2.05, 4.69) is 26.1 Å². The topological polar surface area (TPSA) is 153 Å². The number of hydrogen-bond acceptors (Lipinski definition) is 7. The zero-order valence-corrected chi connectivity index (χ0v) is 19.5. The third kappa shape index (κ3) is 18.5. The van der Waals surface area contributed by atoms with Gasteiger partial charge in [0.2, 0.25) is 9.23 Å². The fourth-order valence-corrected chi connectivity index (χ4v) is 2.06. The first-order chi connectivity index (χ1) is 14.7. The van der Waals surface area contributed by atoms with Gasteiger partial charge in [-0.1, -0.05) is 60.7 Å². The number of carboxylic acid groups (broad SMARTS) is 1. The molecule has 2 aromatic rings. The molecule has 31 heavy (non-hydrogen) atoms. The lowest BCUT2D eigenvalue weighted by atomic mass is 10.1. The highest BCUT2D eigenvalue weighted by molar-refractivity contribution is 8.26. The Kier molecular flexibility index (Phi) is 20.0. The van der Waals surface area contributed by atoms with Crippen LogP contribution in [0.3, 0.4) is 0 Å². The minimum Gasteiger partial charge on any atom is -0.480 e. The maximum atomic E-state index is 11.0. The number of halogens is 2. The zero-order valence-electron chi connectivity index (χ0n) is 17.2. The van der Waals surface area contributed by atoms with Gasteiger partial charge in [-0.2, -0.15) is 0 Å². The largest absolute Gasteiger partial charge is 0.480 e. The molecule has 0 fully saturated rings. The van der Waals surface area contributed by atoms with Crippen LogP contribution in [0.25, 0.3) is 0 Å². The van der Waals surface area contributed by atoms with Gasteiger partial charge in [0, 0.05) is 28.5 Å². The minimum absolute atomic E-state index is 0.371. The van der Waals surface area contributed by atoms with E-state index in [-0.39, 0.29) is 5.97 Å². The molecule has 0 heterocycles. The van der Waals surface area contributed by atoms with Crippen LogP contribution >= 0.6 is 21.4 Å². The molecule has 0 radical (unpaired) electrons. The van der Waals surface area contributed by atoms with Crippen molar-refractivity contribution in [2.45, 2.75) is 24.9 Å². The number of esters is 1. The van der Waals surface area contributed by atoms with Crippen molar-refractivity contribution in [2.75, 3.05) is 14.2 Å². The Morgan fingerprint density at radius 2 is 1.23 bits per heavy atom. The van der Waals surface area contributed by atoms with Crippen LogP contribution in [0.1, 0.15) is 11.1 Å². The summed E-state index contributed by atoms with van der Waals surface area (Å²) in [6.45, 7) is 0. The number of aliphatic hydroxyl groups is 1. The summed E-state index contributed by atoms with van der Waals surface area (Å²) in [6, 6.07) is 17.6. The van der Waals surface area contributed by atoms with Gasteiger partial charge in [-0.15, -0.1) is 0 Å². The van der Waals surface area contributed by atoms with Gasteiger partial charge in [-0.25, -0.2) is 4.21 Å². The van der Waals surface area contributed by atoms with E-state index in [9.17, 15) is 9.59 Å². The van der Waals surface area contributed by atoms with Gasteiger partial charge in [-0.3, -0.25) is 9.59 Å². The molecule has 0 aliphatic carbocycles. The Hall–Kier alpha value is -2.01. The number of ether oxygens (including phenoxy) is 1. The predicted molar refractivity (Wildman–Crippen MR) is 124 cm³/mol. The van der Waals surface area contributed by atoms with E-state index in [0.717, 1.165) is 18.2 Å². The first-order valence-corrected chi connectivity index (χ1v) is 11.6. The Bertz CT molecular complexity index is 750. The van der Waals surface area contributed by atoms with Crippen LogP contribution in [0.5, 0.6) is 0 Å². The zero-order chi connectivity index (χ0) is 24.2. The molecule has 2 unspecified atom stereocenters. The molecule has 174 valence electrons. The van der Waals surface area contributed by atoms with E-state index < -0.39 is 27.3 Å². The molecule has 6 N–H and O–H groups in total. The molecule has 2 aromatic carbocycles. The highest BCUT2D eigenvalue weighted by Gasteiger charge is 2.13. The van der Waals surface area contributed by atoms with Crippen LogP contribution in [0.2, 0.25) is 0 Å². The lowest BCUT2D eigenvalue weighted by Gasteiger charge is -2.08. The first-order valence-electron chi connectivity index (χ1n) is 8.76. The van der Waals surface area contributed by atoms with Crippen molar-refractivity contribution < 1.29 is 28.7 Å². The summed E-state index contributed by atoms with van der Waals surface area (Å²) in [5, 5.41) is 15.5. The smallest absolute Gasteiger partial charge is 0.322 e. The number of nitrogens with two attached hydrogens (primary N) is 2. The second kappa shape index (κ2) is 19.9. The molecule has 0 saturated heterocycles. The minimum atomic E-state index is -1.67. The van der Waals surface area contributed by atoms with Crippen molar-refractivity contribution in [1.29, 1.82) is 0 Å². The number of carbonyl (C=O) groups excluding carboxylic acids is 1. The molecule has 0 bridgehead atoms. The maximum absolute atomic E-state index is 11.0. The lowest BCUT2D eigenvalue weighted by Crippen LogP contribution is -2.33. The number of rotatable bonds is 6. The molecule has 11 heteroatoms. The van der Waals surface area contributed by atoms with E-state index in [1.165, 1.54) is 7.11 Å². The third-order valence-corrected chi connectivity index (χ3v) is 3.42. The molecule has 0 spiro atoms. The van der Waals surface area contributed by atoms with Gasteiger partial charge >= 0.3 is 11.9 Å². The monoisotopic (exact) mass is 494 g/mol. The number of carbonyl (C=O) groups is 2. The summed E-state index contributed by atoms with van der Waals surface area (Å²) in [4.78, 5) is 21.3. The number of methoxy groups -OCH3 is 1. The average Bonchev–Trinajstić information content (AvgIpc) is 2.76. The van der Waals surface area contributed by atoms with Crippen LogP contribution < -0.4 is 11.5 Å². The number of hydrogen-bond donors (Lipinski definition) is 4. The van der Waals surface area contributed by atoms with Gasteiger partial charge < -0.3 is 26.4 Å². The van der Waals surface area contributed by atoms with Crippen LogP contribution in [0.15, 0.2) is 60.7 Å². The Balaban J connectivity index is 0. The fraction of sp³-hybridized carbons (Fsp3) is 0.300. The summed E-state index contributed by atoms with van der Waals surface area (Å²) < 4.78 is 13.6. The second-order valence-corrected chi connectivity index (χ2v) is 8.16. The lowest BCUT2D eigenvalue weighted by molar-refractivity contribution is -0.142. The van der Waals surface area contributed by atoms with E-state index in [1.807, 2.05) is 60.7 Å². The predicted octanol–water partition coefficient (Wildman–Crippen LogP) is 2.02. The Labute approximate surface area is 193 Å². The van der Waals surface area contributed by atoms with Crippen molar-refractivity contribution in [3.8, 4) is 0 Å². The normalized spacial score (nSPS) is 11.2. The van der Waals surface area contributed by atoms with E-state index in [4.69, 9.17) is 25.9 Å². The van der Waals surface area contributed by atoms with Crippen LogP contribution in [0.4, 0.5) is 0 Å². The molecule has 0 aliphatic heterocycles. The number of carboxylic acids is 1. The summed E-state index contributed by atoms with van der Waals surface area (Å²) in [7, 11) is 9.70. The number of aliphatic carboxylic acids is 1. The molecule has 2 atom stereocenters. The van der Waals surface area contributed by atoms with Crippen molar-refractivity contribution in [3.05, 3.63) is 71.8 Å². The van der Waals surface area contributed by atoms with E-state index in [1.54, 1.807) is 0 Å². The van der Waals surface area contributed by atoms with Gasteiger partial charge in [0.15, 0.2) is 0 Å². The second-order valence-electron chi connectivity index (χ2n) is 5.64. The summed E-state index contributed by atoms with van der Waals surface area (Å²) >= 11 is 0. The fourth-order valence-electron chi connectivity index (χ4n) is 2.06. The molecular formula is C20H28Cl2N2O6S. The van der Waals surface area contributed by atoms with E-state index >= 15 is 0 Å². The van der Waals surface area contributed by atoms with Gasteiger partial charge in [-0.05, 0) is 24.0 Å². The Morgan fingerprint density at radius 3 is 1.52 bits per heavy atom. The van der Waals surface area contributed by atoms with Gasteiger partial charge in [0.1, 0.15) is 12.1 Å². The van der Waals surface area contributed by atoms with Crippen LogP contribution in [-0.2, 0) is 36.4 Å². The highest BCUT2D eigenvalue weighted by atomic mass is 36.0. The quantitative estimate of drug-likeness (QED) is 0.351. The van der Waals surface area contributed by atoms with Crippen molar-refractivity contribution in [3.63, 3.8) is 0 Å². The summed E-state index contributed by atoms with van der Waals surface area (Å²) in [5.41, 5.74) is 12.9. The number of aliphatic hydroxyl groups excluding tert-OH is 1. The third-order valence-electron chi connectivity index (χ3n) is 3.42. The first kappa shape index (κ1) is 31.2. The summed E-state index contributed by atoms with van der Waals surface area (Å²) in [6.07, 6.45) is 0.906. The van der Waals surface area contributed by atoms with Gasteiger partial charge in [0.05, 0.1) is 7.11 Å². The molecule has 0 amide bonds. The molecule has 0 aromatic heterocycles.